The van der Waals surface area contributed by atoms with Crippen LogP contribution in [-0.4, -0.2) is 61.8 Å². The Bertz CT molecular complexity index is 104. The van der Waals surface area contributed by atoms with Gasteiger partial charge in [-0.05, 0) is 21.0 Å². The largest absolute Gasteiger partial charge is 0.388 e. The molecule has 0 aromatic rings. The smallest absolute Gasteiger partial charge is 0.216 e. The highest BCUT2D eigenvalue weighted by Gasteiger charge is 1.72. The molecule has 0 aromatic carbocycles. The fraction of sp³-hybridized carbons (Fsp3) is 0.846. The Labute approximate surface area is 126 Å². The zero-order valence-corrected chi connectivity index (χ0v) is 15.4. The van der Waals surface area contributed by atoms with Gasteiger partial charge in [-0.2, -0.15) is 0 Å². The van der Waals surface area contributed by atoms with Crippen molar-refractivity contribution >= 4 is 12.2 Å². The van der Waals surface area contributed by atoms with E-state index in [2.05, 4.69) is 26.3 Å². The first-order valence-electron chi connectivity index (χ1n) is 6.05. The van der Waals surface area contributed by atoms with Crippen LogP contribution in [0.4, 0.5) is 0 Å². The molecule has 0 rings (SSSR count). The fourth-order valence-corrected chi connectivity index (χ4v) is 0. The number of aldehydes is 1. The van der Waals surface area contributed by atoms with Gasteiger partial charge in [-0.25, -0.2) is 0 Å². The summed E-state index contributed by atoms with van der Waals surface area (Å²) >= 11 is 0. The highest BCUT2D eigenvalue weighted by Crippen LogP contribution is 1.45. The van der Waals surface area contributed by atoms with Crippen LogP contribution < -0.4 is 16.8 Å². The van der Waals surface area contributed by atoms with Gasteiger partial charge in [-0.3, -0.25) is 4.79 Å². The van der Waals surface area contributed by atoms with Gasteiger partial charge in [-0.1, -0.05) is 13.8 Å². The maximum Gasteiger partial charge on any atom is 0.216 e. The standard InChI is InChI=1S/C3H7NO.2C2H6O.C2H4O.C2H6.2CH5N/c1-3(5)4-2;2*1-3-2;1-2-3;3*1-2/h1-2H3,(H,4,5);2*1-2H3;2H,1H3;1-2H3;2*2H2,1H3. The fourth-order valence-electron chi connectivity index (χ4n) is 0. The molecule has 0 saturated carbocycles. The molecule has 0 heterocycles. The van der Waals surface area contributed by atoms with Crippen molar-refractivity contribution in [3.63, 3.8) is 0 Å². The van der Waals surface area contributed by atoms with E-state index in [1.165, 1.54) is 27.9 Å². The minimum atomic E-state index is 0.00463. The summed E-state index contributed by atoms with van der Waals surface area (Å²) in [4.78, 5) is 18.5. The zero-order chi connectivity index (χ0) is 18.4. The average Bonchev–Trinajstić information content (AvgIpc) is 2.48. The molecule has 0 fully saturated rings. The number of nitrogens with two attached hydrogens (primary N) is 2. The number of nitrogens with one attached hydrogen (secondary N) is 1. The lowest BCUT2D eigenvalue weighted by Gasteiger charge is -1.80. The van der Waals surface area contributed by atoms with Gasteiger partial charge in [0.05, 0.1) is 0 Å². The third kappa shape index (κ3) is 4510. The number of methoxy groups -OCH3 is 2. The molecule has 0 radical (unpaired) electrons. The number of hydrogen-bond donors (Lipinski definition) is 3. The van der Waals surface area contributed by atoms with Crippen molar-refractivity contribution in [1.29, 1.82) is 0 Å². The molecular formula is C13H39N3O4. The second-order valence-corrected chi connectivity index (χ2v) is 1.86. The average molecular weight is 301 g/mol. The Kier molecular flexibility index (Phi) is 310. The molecule has 130 valence electrons. The molecule has 7 heteroatoms. The first-order chi connectivity index (χ1) is 9.51. The van der Waals surface area contributed by atoms with E-state index >= 15 is 0 Å². The van der Waals surface area contributed by atoms with Gasteiger partial charge in [0.2, 0.25) is 5.91 Å². The Hall–Kier alpha value is -1.02. The molecule has 0 saturated heterocycles. The first kappa shape index (κ1) is 42.8. The predicted molar refractivity (Wildman–Crippen MR) is 88.9 cm³/mol. The van der Waals surface area contributed by atoms with E-state index in [-0.39, 0.29) is 5.91 Å². The zero-order valence-electron chi connectivity index (χ0n) is 15.4. The quantitative estimate of drug-likeness (QED) is 0.566. The molecule has 7 nitrogen and oxygen atoms in total. The summed E-state index contributed by atoms with van der Waals surface area (Å²) in [7, 11) is 11.1. The Balaban J connectivity index is -0.0000000204. The predicted octanol–water partition coefficient (Wildman–Crippen LogP) is 0.659. The van der Waals surface area contributed by atoms with Crippen molar-refractivity contribution in [3.8, 4) is 0 Å². The van der Waals surface area contributed by atoms with Gasteiger partial charge in [0.1, 0.15) is 6.29 Å². The van der Waals surface area contributed by atoms with E-state index in [9.17, 15) is 4.79 Å². The molecular weight excluding hydrogens is 262 g/mol. The lowest BCUT2D eigenvalue weighted by atomic mass is 10.7. The van der Waals surface area contributed by atoms with Crippen molar-refractivity contribution in [3.05, 3.63) is 0 Å². The topological polar surface area (TPSA) is 117 Å². The van der Waals surface area contributed by atoms with Crippen LogP contribution >= 0.6 is 0 Å². The van der Waals surface area contributed by atoms with Crippen molar-refractivity contribution in [2.24, 2.45) is 11.5 Å². The number of rotatable bonds is 0. The van der Waals surface area contributed by atoms with E-state index < -0.39 is 0 Å². The molecule has 5 N–H and O–H groups in total. The molecule has 0 aliphatic heterocycles. The van der Waals surface area contributed by atoms with Gasteiger partial charge in [-0.15, -0.1) is 0 Å². The number of ether oxygens (including phenoxy) is 2. The molecule has 20 heavy (non-hydrogen) atoms. The third-order valence-electron chi connectivity index (χ3n) is 0.352. The highest BCUT2D eigenvalue weighted by atomic mass is 16.5. The van der Waals surface area contributed by atoms with Crippen molar-refractivity contribution in [1.82, 2.24) is 5.32 Å². The van der Waals surface area contributed by atoms with E-state index in [1.807, 2.05) is 13.8 Å². The molecule has 0 aromatic heterocycles. The molecule has 0 aliphatic carbocycles. The minimum absolute atomic E-state index is 0.00463. The Morgan fingerprint density at radius 3 is 1.00 bits per heavy atom. The lowest BCUT2D eigenvalue weighted by molar-refractivity contribution is -0.118. The van der Waals surface area contributed by atoms with Crippen LogP contribution in [0.15, 0.2) is 0 Å². The van der Waals surface area contributed by atoms with Crippen molar-refractivity contribution < 1.29 is 19.1 Å². The second kappa shape index (κ2) is 145. The summed E-state index contributed by atoms with van der Waals surface area (Å²) in [5.41, 5.74) is 9.00. The van der Waals surface area contributed by atoms with Gasteiger partial charge >= 0.3 is 0 Å². The van der Waals surface area contributed by atoms with Gasteiger partial charge in [0, 0.05) is 42.4 Å². The molecule has 1 amide bonds. The number of carbonyl (C=O) groups excluding carboxylic acids is 2. The maximum absolute atomic E-state index is 9.70. The van der Waals surface area contributed by atoms with Crippen LogP contribution in [0.2, 0.25) is 0 Å². The van der Waals surface area contributed by atoms with Crippen LogP contribution in [0.3, 0.4) is 0 Å². The lowest BCUT2D eigenvalue weighted by Crippen LogP contribution is -2.11. The summed E-state index contributed by atoms with van der Waals surface area (Å²) in [5.74, 6) is 0.00463. The summed E-state index contributed by atoms with van der Waals surface area (Å²) in [6.07, 6.45) is 0.750. The second-order valence-electron chi connectivity index (χ2n) is 1.86. The summed E-state index contributed by atoms with van der Waals surface area (Å²) in [6.45, 7) is 6.92. The maximum atomic E-state index is 9.70. The SMILES string of the molecule is CC.CC=O.CN.CN.CNC(C)=O.COC.COC. The molecule has 0 spiro atoms. The van der Waals surface area contributed by atoms with Crippen LogP contribution in [0.5, 0.6) is 0 Å². The van der Waals surface area contributed by atoms with Gasteiger partial charge < -0.3 is 31.1 Å². The molecule has 0 aliphatic rings. The van der Waals surface area contributed by atoms with Gasteiger partial charge in [0.25, 0.3) is 0 Å². The van der Waals surface area contributed by atoms with E-state index in [1.54, 1.807) is 35.5 Å². The number of hydrogen-bond acceptors (Lipinski definition) is 6. The molecule has 0 unspecified atom stereocenters. The first-order valence-corrected chi connectivity index (χ1v) is 6.05. The molecule has 0 atom stereocenters. The van der Waals surface area contributed by atoms with Crippen LogP contribution in [-0.2, 0) is 19.1 Å². The van der Waals surface area contributed by atoms with Crippen molar-refractivity contribution in [2.75, 3.05) is 49.6 Å². The van der Waals surface area contributed by atoms with E-state index in [0.29, 0.717) is 0 Å². The Morgan fingerprint density at radius 2 is 1.00 bits per heavy atom. The van der Waals surface area contributed by atoms with E-state index in [4.69, 9.17) is 4.79 Å². The van der Waals surface area contributed by atoms with Crippen LogP contribution in [0.25, 0.3) is 0 Å². The number of carbonyl (C=O) groups is 2. The summed E-state index contributed by atoms with van der Waals surface area (Å²) < 4.78 is 8.50. The summed E-state index contributed by atoms with van der Waals surface area (Å²) in [5, 5.41) is 2.39. The summed E-state index contributed by atoms with van der Waals surface area (Å²) in [6, 6.07) is 0. The van der Waals surface area contributed by atoms with Crippen LogP contribution in [0, 0.1) is 0 Å². The minimum Gasteiger partial charge on any atom is -0.388 e. The number of amides is 1. The highest BCUT2D eigenvalue weighted by molar-refractivity contribution is 5.72. The van der Waals surface area contributed by atoms with Gasteiger partial charge in [0.15, 0.2) is 0 Å². The van der Waals surface area contributed by atoms with Crippen LogP contribution in [0.1, 0.15) is 27.7 Å². The van der Waals surface area contributed by atoms with Crippen molar-refractivity contribution in [2.45, 2.75) is 27.7 Å². The van der Waals surface area contributed by atoms with E-state index in [0.717, 1.165) is 6.29 Å². The monoisotopic (exact) mass is 301 g/mol. The normalized spacial score (nSPS) is 5.05. The third-order valence-corrected chi connectivity index (χ3v) is 0.352. The molecule has 0 bridgehead atoms. The Morgan fingerprint density at radius 1 is 0.950 bits per heavy atom.